The lowest BCUT2D eigenvalue weighted by molar-refractivity contribution is -0.00560. The molecule has 2 aliphatic rings. The van der Waals surface area contributed by atoms with E-state index in [1.807, 2.05) is 57.8 Å². The van der Waals surface area contributed by atoms with Crippen molar-refractivity contribution in [3.63, 3.8) is 0 Å². The van der Waals surface area contributed by atoms with Gasteiger partial charge in [-0.05, 0) is 70.7 Å². The summed E-state index contributed by atoms with van der Waals surface area (Å²) in [6, 6.07) is 4.34. The van der Waals surface area contributed by atoms with E-state index in [0.29, 0.717) is 6.54 Å². The second-order valence-corrected chi connectivity index (χ2v) is 11.0. The molecule has 0 N–H and O–H groups in total. The third-order valence-corrected chi connectivity index (χ3v) is 7.39. The summed E-state index contributed by atoms with van der Waals surface area (Å²) < 4.78 is 19.0. The van der Waals surface area contributed by atoms with Gasteiger partial charge in [0.25, 0.3) is 5.56 Å². The normalized spacial score (nSPS) is 19.9. The van der Waals surface area contributed by atoms with Crippen LogP contribution in [0.3, 0.4) is 0 Å². The molecule has 36 heavy (non-hydrogen) atoms. The number of likely N-dealkylation sites (tertiary alicyclic amines) is 1. The van der Waals surface area contributed by atoms with Crippen LogP contribution in [0.2, 0.25) is 0 Å². The zero-order valence-corrected chi connectivity index (χ0v) is 22.8. The van der Waals surface area contributed by atoms with Gasteiger partial charge in [0.05, 0.1) is 19.8 Å². The molecule has 2 atom stereocenters. The van der Waals surface area contributed by atoms with E-state index in [0.717, 1.165) is 65.2 Å². The Morgan fingerprint density at radius 1 is 1.00 bits per heavy atom. The zero-order chi connectivity index (χ0) is 26.4. The van der Waals surface area contributed by atoms with Crippen molar-refractivity contribution >= 4 is 6.09 Å². The smallest absolute Gasteiger partial charge is 0.410 e. The summed E-state index contributed by atoms with van der Waals surface area (Å²) in [4.78, 5) is 29.5. The first-order valence-corrected chi connectivity index (χ1v) is 12.6. The molecule has 0 radical (unpaired) electrons. The maximum Gasteiger partial charge on any atom is 0.410 e. The second-order valence-electron chi connectivity index (χ2n) is 11.0. The molecule has 0 saturated carbocycles. The highest BCUT2D eigenvalue weighted by Crippen LogP contribution is 2.39. The molecule has 8 nitrogen and oxygen atoms in total. The van der Waals surface area contributed by atoms with Crippen molar-refractivity contribution in [1.29, 1.82) is 0 Å². The molecule has 0 spiro atoms. The average molecular weight is 498 g/mol. The topological polar surface area (TPSA) is 73.2 Å². The number of pyridine rings is 1. The number of rotatable bonds is 5. The molecule has 2 saturated heterocycles. The Hall–Kier alpha value is -3.00. The van der Waals surface area contributed by atoms with Crippen LogP contribution in [-0.4, -0.2) is 65.5 Å². The van der Waals surface area contributed by atoms with Gasteiger partial charge in [-0.25, -0.2) is 4.79 Å². The average Bonchev–Trinajstić information content (AvgIpc) is 3.09. The molecule has 1 aromatic carbocycles. The number of hydrogen-bond donors (Lipinski definition) is 0. The van der Waals surface area contributed by atoms with Crippen LogP contribution < -0.4 is 15.0 Å². The molecule has 2 unspecified atom stereocenters. The highest BCUT2D eigenvalue weighted by atomic mass is 16.6. The van der Waals surface area contributed by atoms with E-state index >= 15 is 0 Å². The summed E-state index contributed by atoms with van der Waals surface area (Å²) in [5.74, 6) is 1.49. The van der Waals surface area contributed by atoms with Gasteiger partial charge in [-0.15, -0.1) is 0 Å². The number of ether oxygens (including phenoxy) is 3. The molecule has 1 aromatic heterocycles. The number of nitrogens with zero attached hydrogens (tertiary/aromatic N) is 3. The lowest BCUT2D eigenvalue weighted by Gasteiger charge is -2.41. The Morgan fingerprint density at radius 2 is 1.56 bits per heavy atom. The van der Waals surface area contributed by atoms with Gasteiger partial charge >= 0.3 is 6.09 Å². The largest absolute Gasteiger partial charge is 0.496 e. The maximum atomic E-state index is 12.8. The molecule has 0 aliphatic carbocycles. The minimum atomic E-state index is -0.502. The molecular formula is C28H39N3O5. The number of amides is 1. The van der Waals surface area contributed by atoms with Crippen LogP contribution in [0.4, 0.5) is 4.79 Å². The molecular weight excluding hydrogens is 458 g/mol. The van der Waals surface area contributed by atoms with Crippen molar-refractivity contribution in [3.05, 3.63) is 45.4 Å². The number of benzene rings is 1. The van der Waals surface area contributed by atoms with Gasteiger partial charge < -0.3 is 18.8 Å². The van der Waals surface area contributed by atoms with Crippen molar-refractivity contribution in [1.82, 2.24) is 14.4 Å². The van der Waals surface area contributed by atoms with Crippen molar-refractivity contribution in [2.45, 2.75) is 71.7 Å². The fourth-order valence-corrected chi connectivity index (χ4v) is 5.52. The van der Waals surface area contributed by atoms with E-state index < -0.39 is 5.60 Å². The Kier molecular flexibility index (Phi) is 7.10. The van der Waals surface area contributed by atoms with E-state index in [4.69, 9.17) is 14.2 Å². The molecule has 1 amide bonds. The first kappa shape index (κ1) is 26.1. The standard InChI is InChI=1S/C28H39N3O5/c1-17-18(2)26(32)29(6)15-22(17)19-11-24(34-7)23(25(12-19)35-8)16-30-13-20-9-10-21(14-30)31(20)27(33)36-28(3,4)5/h11-12,15,20-21H,9-10,13-14,16H2,1-8H3. The highest BCUT2D eigenvalue weighted by molar-refractivity contribution is 5.72. The molecule has 4 rings (SSSR count). The van der Waals surface area contributed by atoms with Crippen LogP contribution in [-0.2, 0) is 18.3 Å². The van der Waals surface area contributed by atoms with Crippen LogP contribution >= 0.6 is 0 Å². The summed E-state index contributed by atoms with van der Waals surface area (Å²) in [7, 11) is 5.11. The monoisotopic (exact) mass is 497 g/mol. The number of methoxy groups -OCH3 is 2. The zero-order valence-electron chi connectivity index (χ0n) is 22.8. The number of hydrogen-bond acceptors (Lipinski definition) is 6. The van der Waals surface area contributed by atoms with E-state index in [-0.39, 0.29) is 23.7 Å². The van der Waals surface area contributed by atoms with Gasteiger partial charge in [-0.1, -0.05) is 0 Å². The molecule has 196 valence electrons. The van der Waals surface area contributed by atoms with E-state index in [1.54, 1.807) is 25.8 Å². The van der Waals surface area contributed by atoms with E-state index in [1.165, 1.54) is 0 Å². The second kappa shape index (κ2) is 9.81. The number of fused-ring (bicyclic) bond motifs is 2. The van der Waals surface area contributed by atoms with Crippen LogP contribution in [0.1, 0.15) is 50.3 Å². The SMILES string of the molecule is COc1cc(-c2cn(C)c(=O)c(C)c2C)cc(OC)c1CN1CC2CCC(C1)N2C(=O)OC(C)(C)C. The van der Waals surface area contributed by atoms with Gasteiger partial charge in [0.15, 0.2) is 0 Å². The molecule has 2 fully saturated rings. The predicted octanol–water partition coefficient (Wildman–Crippen LogP) is 4.27. The minimum absolute atomic E-state index is 0.00644. The maximum absolute atomic E-state index is 12.8. The summed E-state index contributed by atoms with van der Waals surface area (Å²) in [5, 5.41) is 0. The summed E-state index contributed by atoms with van der Waals surface area (Å²) in [5.41, 5.74) is 4.08. The first-order chi connectivity index (χ1) is 16.9. The van der Waals surface area contributed by atoms with Crippen molar-refractivity contribution in [2.24, 2.45) is 7.05 Å². The van der Waals surface area contributed by atoms with Gasteiger partial charge in [0, 0.05) is 56.1 Å². The summed E-state index contributed by atoms with van der Waals surface area (Å²) >= 11 is 0. The number of piperazine rings is 1. The molecule has 8 heteroatoms. The molecule has 2 aliphatic heterocycles. The molecule has 3 heterocycles. The Bertz CT molecular complexity index is 1170. The lowest BCUT2D eigenvalue weighted by Crippen LogP contribution is -2.56. The van der Waals surface area contributed by atoms with Crippen molar-refractivity contribution in [2.75, 3.05) is 27.3 Å². The van der Waals surface area contributed by atoms with Crippen molar-refractivity contribution < 1.29 is 19.0 Å². The highest BCUT2D eigenvalue weighted by Gasteiger charge is 2.44. The van der Waals surface area contributed by atoms with Crippen LogP contribution in [0.15, 0.2) is 23.1 Å². The third kappa shape index (κ3) is 4.96. The summed E-state index contributed by atoms with van der Waals surface area (Å²) in [6.45, 7) is 11.8. The van der Waals surface area contributed by atoms with Gasteiger partial charge in [-0.3, -0.25) is 14.6 Å². The Morgan fingerprint density at radius 3 is 2.06 bits per heavy atom. The lowest BCUT2D eigenvalue weighted by atomic mass is 9.97. The number of aryl methyl sites for hydroxylation is 1. The minimum Gasteiger partial charge on any atom is -0.496 e. The Balaban J connectivity index is 1.60. The molecule has 2 bridgehead atoms. The number of carbonyl (C=O) groups excluding carboxylic acids is 1. The molecule has 2 aromatic rings. The van der Waals surface area contributed by atoms with Crippen molar-refractivity contribution in [3.8, 4) is 22.6 Å². The fraction of sp³-hybridized carbons (Fsp3) is 0.571. The van der Waals surface area contributed by atoms with Crippen LogP contribution in [0, 0.1) is 13.8 Å². The Labute approximate surface area is 213 Å². The van der Waals surface area contributed by atoms with Gasteiger partial charge in [0.2, 0.25) is 0 Å². The van der Waals surface area contributed by atoms with Crippen LogP contribution in [0.25, 0.3) is 11.1 Å². The first-order valence-electron chi connectivity index (χ1n) is 12.6. The fourth-order valence-electron chi connectivity index (χ4n) is 5.52. The predicted molar refractivity (Wildman–Crippen MR) is 140 cm³/mol. The summed E-state index contributed by atoms with van der Waals surface area (Å²) in [6.07, 6.45) is 3.63. The van der Waals surface area contributed by atoms with Crippen LogP contribution in [0.5, 0.6) is 11.5 Å². The van der Waals surface area contributed by atoms with Gasteiger partial charge in [-0.2, -0.15) is 0 Å². The van der Waals surface area contributed by atoms with E-state index in [9.17, 15) is 9.59 Å². The third-order valence-electron chi connectivity index (χ3n) is 7.39. The number of carbonyl (C=O) groups is 1. The van der Waals surface area contributed by atoms with Gasteiger partial charge in [0.1, 0.15) is 17.1 Å². The quantitative estimate of drug-likeness (QED) is 0.614. The number of aromatic nitrogens is 1. The van der Waals surface area contributed by atoms with E-state index in [2.05, 4.69) is 4.90 Å².